The van der Waals surface area contributed by atoms with E-state index in [0.717, 1.165) is 24.3 Å². The molecule has 0 saturated heterocycles. The summed E-state index contributed by atoms with van der Waals surface area (Å²) in [7, 11) is 0. The molecule has 158 valence electrons. The number of benzene rings is 2. The molecule has 0 atom stereocenters. The predicted octanol–water partition coefficient (Wildman–Crippen LogP) is 5.80. The lowest BCUT2D eigenvalue weighted by molar-refractivity contribution is 0.0734. The van der Waals surface area contributed by atoms with E-state index in [0.29, 0.717) is 22.9 Å². The number of carbonyl (C=O) groups excluding carboxylic acids is 1. The summed E-state index contributed by atoms with van der Waals surface area (Å²) in [6, 6.07) is 12.4. The fraction of sp³-hybridized carbons (Fsp3) is 0.440. The summed E-state index contributed by atoms with van der Waals surface area (Å²) in [6.45, 7) is 2.25. The number of hydrogen-bond donors (Lipinski definition) is 2. The maximum atomic E-state index is 12.5. The summed E-state index contributed by atoms with van der Waals surface area (Å²) in [5.41, 5.74) is 14.1. The lowest BCUT2D eigenvalue weighted by atomic mass is 9.77. The highest BCUT2D eigenvalue weighted by atomic mass is 16.5. The molecular formula is C25H31N3O2. The molecule has 1 aliphatic carbocycles. The highest BCUT2D eigenvalue weighted by Gasteiger charge is 2.23. The van der Waals surface area contributed by atoms with Crippen LogP contribution in [-0.2, 0) is 0 Å². The summed E-state index contributed by atoms with van der Waals surface area (Å²) in [5, 5.41) is 9.59. The van der Waals surface area contributed by atoms with Crippen LogP contribution in [0.2, 0.25) is 0 Å². The molecule has 2 aromatic carbocycles. The molecule has 3 rings (SSSR count). The van der Waals surface area contributed by atoms with Crippen LogP contribution in [0.1, 0.15) is 85.7 Å². The van der Waals surface area contributed by atoms with Gasteiger partial charge in [0.2, 0.25) is 0 Å². The van der Waals surface area contributed by atoms with Crippen LogP contribution in [0, 0.1) is 17.2 Å². The zero-order valence-corrected chi connectivity index (χ0v) is 17.7. The van der Waals surface area contributed by atoms with Crippen molar-refractivity contribution in [1.29, 1.82) is 5.26 Å². The second-order valence-corrected chi connectivity index (χ2v) is 8.36. The molecule has 0 unspecified atom stereocenters. The largest absolute Gasteiger partial charge is 0.422 e. The summed E-state index contributed by atoms with van der Waals surface area (Å²) in [6.07, 6.45) is 10.1. The summed E-state index contributed by atoms with van der Waals surface area (Å²) in [5.74, 6) is 0.999. The van der Waals surface area contributed by atoms with E-state index in [9.17, 15) is 10.1 Å². The second-order valence-electron chi connectivity index (χ2n) is 8.36. The number of unbranched alkanes of at least 4 members (excludes halogenated alkanes) is 2. The Bertz CT molecular complexity index is 904. The maximum Gasteiger partial charge on any atom is 0.343 e. The van der Waals surface area contributed by atoms with E-state index in [4.69, 9.17) is 16.2 Å². The minimum Gasteiger partial charge on any atom is -0.422 e. The van der Waals surface area contributed by atoms with Gasteiger partial charge in [0.1, 0.15) is 11.8 Å². The molecule has 0 aliphatic heterocycles. The van der Waals surface area contributed by atoms with Gasteiger partial charge >= 0.3 is 5.97 Å². The number of nitriles is 1. The molecule has 0 aromatic heterocycles. The van der Waals surface area contributed by atoms with Crippen LogP contribution in [0.4, 0.5) is 11.4 Å². The molecule has 1 fully saturated rings. The Hall–Kier alpha value is -3.00. The molecule has 5 heteroatoms. The third kappa shape index (κ3) is 5.54. The van der Waals surface area contributed by atoms with E-state index in [1.165, 1.54) is 50.7 Å². The highest BCUT2D eigenvalue weighted by Crippen LogP contribution is 2.39. The van der Waals surface area contributed by atoms with Crippen molar-refractivity contribution in [1.82, 2.24) is 0 Å². The number of nitrogens with two attached hydrogens (primary N) is 2. The number of nitrogen functional groups attached to an aromatic ring is 2. The molecule has 0 bridgehead atoms. The van der Waals surface area contributed by atoms with E-state index in [1.54, 1.807) is 12.1 Å². The quantitative estimate of drug-likeness (QED) is 0.262. The van der Waals surface area contributed by atoms with Crippen LogP contribution in [0.3, 0.4) is 0 Å². The Morgan fingerprint density at radius 3 is 2.40 bits per heavy atom. The first-order chi connectivity index (χ1) is 14.5. The number of ether oxygens (including phenoxy) is 1. The third-order valence-corrected chi connectivity index (χ3v) is 6.07. The van der Waals surface area contributed by atoms with E-state index in [1.807, 2.05) is 12.1 Å². The van der Waals surface area contributed by atoms with Gasteiger partial charge in [-0.25, -0.2) is 4.79 Å². The van der Waals surface area contributed by atoms with Gasteiger partial charge in [0.15, 0.2) is 0 Å². The Morgan fingerprint density at radius 2 is 1.77 bits per heavy atom. The summed E-state index contributed by atoms with van der Waals surface area (Å²) in [4.78, 5) is 12.5. The molecule has 0 radical (unpaired) electrons. The van der Waals surface area contributed by atoms with E-state index in [-0.39, 0.29) is 11.3 Å². The molecule has 0 amide bonds. The Labute approximate surface area is 179 Å². The number of anilines is 2. The fourth-order valence-electron chi connectivity index (χ4n) is 4.40. The number of rotatable bonds is 7. The number of carbonyl (C=O) groups is 1. The van der Waals surface area contributed by atoms with Crippen LogP contribution in [0.5, 0.6) is 5.75 Å². The van der Waals surface area contributed by atoms with Crippen LogP contribution in [0.15, 0.2) is 36.4 Å². The van der Waals surface area contributed by atoms with Crippen LogP contribution in [-0.4, -0.2) is 5.97 Å². The first-order valence-electron chi connectivity index (χ1n) is 10.9. The van der Waals surface area contributed by atoms with Gasteiger partial charge in [-0.15, -0.1) is 0 Å². The average molecular weight is 406 g/mol. The topological polar surface area (TPSA) is 102 Å². The Balaban J connectivity index is 1.65. The van der Waals surface area contributed by atoms with E-state index < -0.39 is 5.97 Å². The molecule has 30 heavy (non-hydrogen) atoms. The molecule has 5 nitrogen and oxygen atoms in total. The smallest absolute Gasteiger partial charge is 0.343 e. The zero-order valence-electron chi connectivity index (χ0n) is 17.7. The predicted molar refractivity (Wildman–Crippen MR) is 120 cm³/mol. The molecule has 0 spiro atoms. The van der Waals surface area contributed by atoms with Crippen molar-refractivity contribution < 1.29 is 9.53 Å². The molecule has 1 saturated carbocycles. The Morgan fingerprint density at radius 1 is 1.07 bits per heavy atom. The second kappa shape index (κ2) is 10.2. The van der Waals surface area contributed by atoms with E-state index in [2.05, 4.69) is 13.0 Å². The molecule has 2 aromatic rings. The highest BCUT2D eigenvalue weighted by molar-refractivity contribution is 5.93. The van der Waals surface area contributed by atoms with Crippen molar-refractivity contribution in [2.75, 3.05) is 11.5 Å². The molecular weight excluding hydrogens is 374 g/mol. The van der Waals surface area contributed by atoms with Crippen molar-refractivity contribution in [3.63, 3.8) is 0 Å². The van der Waals surface area contributed by atoms with Gasteiger partial charge in [0.05, 0.1) is 11.1 Å². The summed E-state index contributed by atoms with van der Waals surface area (Å²) >= 11 is 0. The van der Waals surface area contributed by atoms with E-state index >= 15 is 0 Å². The number of hydrogen-bond acceptors (Lipinski definition) is 5. The number of nitrogens with zero attached hydrogens (tertiary/aromatic N) is 1. The van der Waals surface area contributed by atoms with Crippen molar-refractivity contribution in [2.24, 2.45) is 5.92 Å². The van der Waals surface area contributed by atoms with Crippen molar-refractivity contribution in [2.45, 2.75) is 64.2 Å². The van der Waals surface area contributed by atoms with Crippen LogP contribution in [0.25, 0.3) is 0 Å². The lowest BCUT2D eigenvalue weighted by Gasteiger charge is -2.29. The van der Waals surface area contributed by atoms with Gasteiger partial charge in [-0.3, -0.25) is 0 Å². The Kier molecular flexibility index (Phi) is 7.35. The van der Waals surface area contributed by atoms with Crippen molar-refractivity contribution in [3.05, 3.63) is 53.1 Å². The minimum absolute atomic E-state index is 0.264. The molecule has 0 heterocycles. The average Bonchev–Trinajstić information content (AvgIpc) is 2.74. The monoisotopic (exact) mass is 405 g/mol. The molecule has 4 N–H and O–H groups in total. The van der Waals surface area contributed by atoms with Crippen molar-refractivity contribution in [3.8, 4) is 11.8 Å². The van der Waals surface area contributed by atoms with Gasteiger partial charge in [-0.1, -0.05) is 38.7 Å². The lowest BCUT2D eigenvalue weighted by Crippen LogP contribution is -2.14. The minimum atomic E-state index is -0.578. The van der Waals surface area contributed by atoms with Crippen LogP contribution >= 0.6 is 0 Å². The SMILES string of the molecule is CCCCCC1CCC(c2ccc(OC(=O)c3cc(N)cc(N)c3)c(C#N)c2)CC1. The molecule has 1 aliphatic rings. The van der Waals surface area contributed by atoms with Gasteiger partial charge in [0, 0.05) is 11.4 Å². The van der Waals surface area contributed by atoms with Gasteiger partial charge in [-0.05, 0) is 73.4 Å². The van der Waals surface area contributed by atoms with Gasteiger partial charge < -0.3 is 16.2 Å². The van der Waals surface area contributed by atoms with Crippen LogP contribution < -0.4 is 16.2 Å². The first kappa shape index (κ1) is 21.7. The standard InChI is InChI=1S/C25H31N3O2/c1-2-3-4-5-17-6-8-18(9-7-17)19-10-11-24(21(12-19)16-26)30-25(29)20-13-22(27)15-23(28)14-20/h10-15,17-18H,2-9,27-28H2,1H3. The van der Waals surface area contributed by atoms with Gasteiger partial charge in [0.25, 0.3) is 0 Å². The normalized spacial score (nSPS) is 18.5. The van der Waals surface area contributed by atoms with Gasteiger partial charge in [-0.2, -0.15) is 5.26 Å². The number of esters is 1. The van der Waals surface area contributed by atoms with Crippen molar-refractivity contribution >= 4 is 17.3 Å². The third-order valence-electron chi connectivity index (χ3n) is 6.07. The zero-order chi connectivity index (χ0) is 21.5. The summed E-state index contributed by atoms with van der Waals surface area (Å²) < 4.78 is 5.47. The fourth-order valence-corrected chi connectivity index (χ4v) is 4.40. The maximum absolute atomic E-state index is 12.5. The first-order valence-corrected chi connectivity index (χ1v) is 10.9.